The van der Waals surface area contributed by atoms with Gasteiger partial charge in [-0.2, -0.15) is 0 Å². The Bertz CT molecular complexity index is 908. The molecule has 2 atom stereocenters. The zero-order chi connectivity index (χ0) is 17.4. The lowest BCUT2D eigenvalue weighted by Gasteiger charge is -2.17. The zero-order valence-electron chi connectivity index (χ0n) is 14.2. The minimum Gasteiger partial charge on any atom is -0.490 e. The second kappa shape index (κ2) is 6.44. The van der Waals surface area contributed by atoms with Crippen LogP contribution in [0.1, 0.15) is 36.6 Å². The van der Waals surface area contributed by atoms with E-state index in [1.54, 1.807) is 12.4 Å². The number of benzene rings is 1. The molecule has 5 nitrogen and oxygen atoms in total. The maximum atomic E-state index is 13.4. The molecule has 1 saturated carbocycles. The van der Waals surface area contributed by atoms with Crippen LogP contribution in [0.25, 0.3) is 11.0 Å². The maximum Gasteiger partial charge on any atom is 0.143 e. The predicted molar refractivity (Wildman–Crippen MR) is 93.9 cm³/mol. The average Bonchev–Trinajstić information content (AvgIpc) is 3.23. The third-order valence-electron chi connectivity index (χ3n) is 4.99. The summed E-state index contributed by atoms with van der Waals surface area (Å²) in [5.41, 5.74) is 8.38. The summed E-state index contributed by atoms with van der Waals surface area (Å²) < 4.78 is 21.7. The van der Waals surface area contributed by atoms with E-state index in [0.717, 1.165) is 36.0 Å². The Balaban J connectivity index is 1.52. The Morgan fingerprint density at radius 3 is 3.00 bits per heavy atom. The van der Waals surface area contributed by atoms with Crippen LogP contribution in [0.2, 0.25) is 0 Å². The lowest BCUT2D eigenvalue weighted by Crippen LogP contribution is -2.15. The molecule has 1 aliphatic rings. The van der Waals surface area contributed by atoms with E-state index in [2.05, 4.69) is 26.8 Å². The van der Waals surface area contributed by atoms with Gasteiger partial charge in [-0.1, -0.05) is 0 Å². The number of ether oxygens (including phenoxy) is 1. The summed E-state index contributed by atoms with van der Waals surface area (Å²) in [6.45, 7) is 2.26. The molecular formula is C19H21FN4O. The first-order valence-corrected chi connectivity index (χ1v) is 8.59. The van der Waals surface area contributed by atoms with Crippen LogP contribution in [0, 0.1) is 12.7 Å². The van der Waals surface area contributed by atoms with Gasteiger partial charge in [0, 0.05) is 36.2 Å². The lowest BCUT2D eigenvalue weighted by molar-refractivity contribution is 0.202. The van der Waals surface area contributed by atoms with Gasteiger partial charge in [-0.25, -0.2) is 14.4 Å². The number of halogens is 1. The molecule has 4 rings (SSSR count). The first-order chi connectivity index (χ1) is 12.2. The Morgan fingerprint density at radius 1 is 1.28 bits per heavy atom. The molecule has 0 amide bonds. The third kappa shape index (κ3) is 2.98. The van der Waals surface area contributed by atoms with Crippen LogP contribution >= 0.6 is 0 Å². The Kier molecular flexibility index (Phi) is 4.13. The van der Waals surface area contributed by atoms with Crippen molar-refractivity contribution in [1.29, 1.82) is 0 Å². The first-order valence-electron chi connectivity index (χ1n) is 8.59. The molecule has 25 heavy (non-hydrogen) atoms. The highest BCUT2D eigenvalue weighted by Gasteiger charge is 2.29. The highest BCUT2D eigenvalue weighted by atomic mass is 19.1. The van der Waals surface area contributed by atoms with Crippen molar-refractivity contribution in [3.63, 3.8) is 0 Å². The maximum absolute atomic E-state index is 13.4. The molecule has 1 aromatic carbocycles. The summed E-state index contributed by atoms with van der Waals surface area (Å²) in [5.74, 6) is 0.399. The monoisotopic (exact) mass is 340 g/mol. The summed E-state index contributed by atoms with van der Waals surface area (Å²) in [5, 5.41) is 1.09. The highest BCUT2D eigenvalue weighted by Crippen LogP contribution is 2.35. The molecule has 1 aliphatic carbocycles. The number of nitrogens with two attached hydrogens (primary N) is 1. The van der Waals surface area contributed by atoms with Crippen molar-refractivity contribution in [2.75, 3.05) is 0 Å². The van der Waals surface area contributed by atoms with Crippen molar-refractivity contribution in [2.45, 2.75) is 44.9 Å². The molecule has 3 aromatic rings. The number of hydrogen-bond acceptors (Lipinski definition) is 4. The van der Waals surface area contributed by atoms with Gasteiger partial charge in [0.05, 0.1) is 5.69 Å². The van der Waals surface area contributed by atoms with Gasteiger partial charge in [-0.3, -0.25) is 0 Å². The number of hydrogen-bond donors (Lipinski definition) is 1. The molecule has 2 aromatic heterocycles. The van der Waals surface area contributed by atoms with Crippen molar-refractivity contribution >= 4 is 11.0 Å². The van der Waals surface area contributed by atoms with Crippen LogP contribution < -0.4 is 10.5 Å². The summed E-state index contributed by atoms with van der Waals surface area (Å²) in [4.78, 5) is 8.70. The van der Waals surface area contributed by atoms with E-state index in [-0.39, 0.29) is 18.5 Å². The largest absolute Gasteiger partial charge is 0.490 e. The molecule has 0 bridgehead atoms. The van der Waals surface area contributed by atoms with Gasteiger partial charge in [0.15, 0.2) is 0 Å². The first kappa shape index (κ1) is 16.0. The van der Waals surface area contributed by atoms with Crippen LogP contribution in [0.4, 0.5) is 4.39 Å². The summed E-state index contributed by atoms with van der Waals surface area (Å²) in [6.07, 6.45) is 6.67. The van der Waals surface area contributed by atoms with Crippen LogP contribution in [0.3, 0.4) is 0 Å². The normalized spacial score (nSPS) is 20.3. The fraction of sp³-hybridized carbons (Fsp3) is 0.368. The van der Waals surface area contributed by atoms with Crippen LogP contribution in [0.5, 0.6) is 5.75 Å². The van der Waals surface area contributed by atoms with Gasteiger partial charge in [-0.05, 0) is 44.0 Å². The topological polar surface area (TPSA) is 66.0 Å². The van der Waals surface area contributed by atoms with Crippen LogP contribution in [-0.2, 0) is 6.54 Å². The summed E-state index contributed by atoms with van der Waals surface area (Å²) in [7, 11) is 0. The molecule has 1 fully saturated rings. The van der Waals surface area contributed by atoms with E-state index in [0.29, 0.717) is 17.4 Å². The van der Waals surface area contributed by atoms with Gasteiger partial charge in [0.1, 0.15) is 29.6 Å². The second-order valence-electron chi connectivity index (χ2n) is 6.58. The molecule has 0 spiro atoms. The van der Waals surface area contributed by atoms with Crippen molar-refractivity contribution in [3.05, 3.63) is 53.9 Å². The van der Waals surface area contributed by atoms with Crippen molar-refractivity contribution in [3.8, 4) is 5.75 Å². The van der Waals surface area contributed by atoms with E-state index in [4.69, 9.17) is 10.5 Å². The van der Waals surface area contributed by atoms with E-state index >= 15 is 0 Å². The molecule has 2 N–H and O–H groups in total. The van der Waals surface area contributed by atoms with E-state index in [1.807, 2.05) is 6.92 Å². The highest BCUT2D eigenvalue weighted by molar-refractivity contribution is 5.78. The Hall–Kier alpha value is -2.47. The SMILES string of the molecule is Cc1ncnc2c1ccn2[C@H]1CC[C@@H](Oc2ccc(F)cc2CN)C1. The smallest absolute Gasteiger partial charge is 0.143 e. The summed E-state index contributed by atoms with van der Waals surface area (Å²) in [6, 6.07) is 6.96. The number of aromatic nitrogens is 3. The standard InChI is InChI=1S/C19H21FN4O/c1-12-17-6-7-24(19(17)23-11-22-12)15-3-4-16(9-15)25-18-5-2-14(20)8-13(18)10-21/h2,5-8,11,15-16H,3-4,9-10,21H2,1H3/t15-,16+/m0/s1. The molecule has 0 unspecified atom stereocenters. The zero-order valence-corrected chi connectivity index (χ0v) is 14.2. The summed E-state index contributed by atoms with van der Waals surface area (Å²) >= 11 is 0. The van der Waals surface area contributed by atoms with E-state index in [9.17, 15) is 4.39 Å². The second-order valence-corrected chi connectivity index (χ2v) is 6.58. The van der Waals surface area contributed by atoms with Crippen molar-refractivity contribution < 1.29 is 9.13 Å². The van der Waals surface area contributed by atoms with Gasteiger partial charge in [0.25, 0.3) is 0 Å². The Labute approximate surface area is 145 Å². The van der Waals surface area contributed by atoms with Gasteiger partial charge in [-0.15, -0.1) is 0 Å². The van der Waals surface area contributed by atoms with E-state index < -0.39 is 0 Å². The number of fused-ring (bicyclic) bond motifs is 1. The van der Waals surface area contributed by atoms with Crippen LogP contribution in [0.15, 0.2) is 36.8 Å². The van der Waals surface area contributed by atoms with Crippen molar-refractivity contribution in [1.82, 2.24) is 14.5 Å². The number of nitrogens with zero attached hydrogens (tertiary/aromatic N) is 3. The Morgan fingerprint density at radius 2 is 2.16 bits per heavy atom. The third-order valence-corrected chi connectivity index (χ3v) is 4.99. The predicted octanol–water partition coefficient (Wildman–Crippen LogP) is 3.51. The molecule has 6 heteroatoms. The minimum atomic E-state index is -0.286. The fourth-order valence-electron chi connectivity index (χ4n) is 3.67. The molecule has 0 aliphatic heterocycles. The molecule has 0 saturated heterocycles. The van der Waals surface area contributed by atoms with Gasteiger partial charge < -0.3 is 15.0 Å². The quantitative estimate of drug-likeness (QED) is 0.789. The van der Waals surface area contributed by atoms with E-state index in [1.165, 1.54) is 12.1 Å². The molecule has 130 valence electrons. The average molecular weight is 340 g/mol. The minimum absolute atomic E-state index is 0.0983. The number of rotatable bonds is 4. The molecule has 2 heterocycles. The van der Waals surface area contributed by atoms with Gasteiger partial charge >= 0.3 is 0 Å². The van der Waals surface area contributed by atoms with Crippen LogP contribution in [-0.4, -0.2) is 20.6 Å². The molecule has 0 radical (unpaired) electrons. The number of aryl methyl sites for hydroxylation is 1. The van der Waals surface area contributed by atoms with Gasteiger partial charge in [0.2, 0.25) is 0 Å². The molecular weight excluding hydrogens is 319 g/mol. The van der Waals surface area contributed by atoms with Crippen molar-refractivity contribution in [2.24, 2.45) is 5.73 Å². The fourth-order valence-corrected chi connectivity index (χ4v) is 3.67. The lowest BCUT2D eigenvalue weighted by atomic mass is 10.2.